The number of benzene rings is 1. The minimum atomic E-state index is -0.730. The number of aliphatic hydroxyl groups is 1. The number of nitrogens with two attached hydrogens (primary N) is 1. The average Bonchev–Trinajstić information content (AvgIpc) is 2.53. The Labute approximate surface area is 138 Å². The number of nitrogens with zero attached hydrogens (tertiary/aromatic N) is 1. The van der Waals surface area contributed by atoms with Crippen molar-refractivity contribution < 1.29 is 19.4 Å². The summed E-state index contributed by atoms with van der Waals surface area (Å²) in [7, 11) is 1.66. The predicted octanol–water partition coefficient (Wildman–Crippen LogP) is 1.02. The van der Waals surface area contributed by atoms with Crippen molar-refractivity contribution in [1.82, 2.24) is 4.90 Å². The van der Waals surface area contributed by atoms with Crippen LogP contribution in [0.2, 0.25) is 0 Å². The minimum absolute atomic E-state index is 0.143. The van der Waals surface area contributed by atoms with Crippen LogP contribution in [0.3, 0.4) is 0 Å². The van der Waals surface area contributed by atoms with Crippen LogP contribution in [-0.4, -0.2) is 61.5 Å². The summed E-state index contributed by atoms with van der Waals surface area (Å²) in [6.45, 7) is 5.65. The van der Waals surface area contributed by atoms with Crippen molar-refractivity contribution in [2.75, 3.05) is 33.4 Å². The zero-order chi connectivity index (χ0) is 17.2. The molecule has 0 spiro atoms. The lowest BCUT2D eigenvalue weighted by Gasteiger charge is -2.21. The van der Waals surface area contributed by atoms with E-state index in [1.54, 1.807) is 19.2 Å². The Morgan fingerprint density at radius 2 is 1.91 bits per heavy atom. The van der Waals surface area contributed by atoms with Crippen molar-refractivity contribution in [3.8, 4) is 0 Å². The first-order chi connectivity index (χ1) is 10.9. The minimum Gasteiger partial charge on any atom is -0.389 e. The van der Waals surface area contributed by atoms with Crippen molar-refractivity contribution >= 4 is 5.91 Å². The van der Waals surface area contributed by atoms with E-state index < -0.39 is 6.10 Å². The molecule has 1 rings (SSSR count). The third kappa shape index (κ3) is 7.56. The molecule has 1 aromatic rings. The molecular formula is C17H28N2O4. The summed E-state index contributed by atoms with van der Waals surface area (Å²) in [4.78, 5) is 13.7. The first-order valence-electron chi connectivity index (χ1n) is 7.86. The molecule has 0 aliphatic heterocycles. The van der Waals surface area contributed by atoms with E-state index in [0.717, 1.165) is 5.56 Å². The number of carbonyl (C=O) groups is 1. The fraction of sp³-hybridized carbons (Fsp3) is 0.588. The molecule has 0 aromatic heterocycles. The predicted molar refractivity (Wildman–Crippen MR) is 89.2 cm³/mol. The highest BCUT2D eigenvalue weighted by Crippen LogP contribution is 2.07. The third-order valence-electron chi connectivity index (χ3n) is 3.26. The van der Waals surface area contributed by atoms with Gasteiger partial charge in [-0.1, -0.05) is 12.1 Å². The Morgan fingerprint density at radius 3 is 2.48 bits per heavy atom. The largest absolute Gasteiger partial charge is 0.389 e. The molecule has 1 unspecified atom stereocenters. The van der Waals surface area contributed by atoms with Gasteiger partial charge in [-0.2, -0.15) is 0 Å². The molecule has 0 heterocycles. The van der Waals surface area contributed by atoms with Crippen LogP contribution in [0.5, 0.6) is 0 Å². The van der Waals surface area contributed by atoms with Gasteiger partial charge in [0, 0.05) is 25.7 Å². The zero-order valence-corrected chi connectivity index (χ0v) is 14.2. The Bertz CT molecular complexity index is 462. The Morgan fingerprint density at radius 1 is 1.26 bits per heavy atom. The normalized spacial score (nSPS) is 12.4. The molecule has 3 N–H and O–H groups in total. The summed E-state index contributed by atoms with van der Waals surface area (Å²) in [5.41, 5.74) is 7.08. The van der Waals surface area contributed by atoms with Crippen LogP contribution in [0.1, 0.15) is 29.8 Å². The maximum atomic E-state index is 12.3. The molecule has 6 nitrogen and oxygen atoms in total. The standard InChI is InChI=1S/C17H28N2O4/c1-13(2)23-9-8-22-12-16(20)11-19(3)17(21)15-6-4-14(10-18)5-7-15/h4-7,13,16,20H,8-12,18H2,1-3H3. The highest BCUT2D eigenvalue weighted by Gasteiger charge is 2.15. The van der Waals surface area contributed by atoms with Crippen molar-refractivity contribution in [3.05, 3.63) is 35.4 Å². The van der Waals surface area contributed by atoms with Gasteiger partial charge >= 0.3 is 0 Å². The number of carbonyl (C=O) groups excluding carboxylic acids is 1. The van der Waals surface area contributed by atoms with Gasteiger partial charge in [0.25, 0.3) is 5.91 Å². The van der Waals surface area contributed by atoms with Crippen LogP contribution >= 0.6 is 0 Å². The van der Waals surface area contributed by atoms with Crippen molar-refractivity contribution in [2.24, 2.45) is 5.73 Å². The highest BCUT2D eigenvalue weighted by molar-refractivity contribution is 5.94. The first kappa shape index (κ1) is 19.6. The molecular weight excluding hydrogens is 296 g/mol. The smallest absolute Gasteiger partial charge is 0.253 e. The summed E-state index contributed by atoms with van der Waals surface area (Å²) >= 11 is 0. The maximum absolute atomic E-state index is 12.3. The van der Waals surface area contributed by atoms with E-state index in [4.69, 9.17) is 15.2 Å². The van der Waals surface area contributed by atoms with E-state index in [-0.39, 0.29) is 25.2 Å². The van der Waals surface area contributed by atoms with Gasteiger partial charge in [0.15, 0.2) is 0 Å². The van der Waals surface area contributed by atoms with Crippen molar-refractivity contribution in [1.29, 1.82) is 0 Å². The SMILES string of the molecule is CC(C)OCCOCC(O)CN(C)C(=O)c1ccc(CN)cc1. The summed E-state index contributed by atoms with van der Waals surface area (Å²) < 4.78 is 10.7. The van der Waals surface area contributed by atoms with Crippen LogP contribution < -0.4 is 5.73 Å². The molecule has 0 radical (unpaired) electrons. The molecule has 1 amide bonds. The third-order valence-corrected chi connectivity index (χ3v) is 3.26. The first-order valence-corrected chi connectivity index (χ1v) is 7.86. The molecule has 0 saturated carbocycles. The van der Waals surface area contributed by atoms with Gasteiger partial charge in [0.1, 0.15) is 0 Å². The summed E-state index contributed by atoms with van der Waals surface area (Å²) in [6.07, 6.45) is -0.566. The van der Waals surface area contributed by atoms with Crippen LogP contribution in [-0.2, 0) is 16.0 Å². The number of aliphatic hydroxyl groups excluding tert-OH is 1. The molecule has 0 fully saturated rings. The fourth-order valence-electron chi connectivity index (χ4n) is 2.02. The molecule has 23 heavy (non-hydrogen) atoms. The van der Waals surface area contributed by atoms with Crippen LogP contribution in [0, 0.1) is 0 Å². The van der Waals surface area contributed by atoms with Crippen LogP contribution in [0.15, 0.2) is 24.3 Å². The Hall–Kier alpha value is -1.47. The van der Waals surface area contributed by atoms with E-state index in [1.807, 2.05) is 26.0 Å². The van der Waals surface area contributed by atoms with Gasteiger partial charge in [-0.15, -0.1) is 0 Å². The molecule has 0 saturated heterocycles. The molecule has 0 bridgehead atoms. The second-order valence-electron chi connectivity index (χ2n) is 5.74. The lowest BCUT2D eigenvalue weighted by atomic mass is 10.1. The average molecular weight is 324 g/mol. The lowest BCUT2D eigenvalue weighted by molar-refractivity contribution is -0.0159. The van der Waals surface area contributed by atoms with Crippen molar-refractivity contribution in [3.63, 3.8) is 0 Å². The van der Waals surface area contributed by atoms with Gasteiger partial charge in [0.2, 0.25) is 0 Å². The van der Waals surface area contributed by atoms with Gasteiger partial charge < -0.3 is 25.2 Å². The lowest BCUT2D eigenvalue weighted by Crippen LogP contribution is -2.36. The van der Waals surface area contributed by atoms with Gasteiger partial charge in [0.05, 0.1) is 32.0 Å². The number of rotatable bonds is 10. The monoisotopic (exact) mass is 324 g/mol. The Kier molecular flexibility index (Phi) is 8.79. The molecule has 0 aliphatic carbocycles. The second kappa shape index (κ2) is 10.3. The van der Waals surface area contributed by atoms with E-state index >= 15 is 0 Å². The van der Waals surface area contributed by atoms with Gasteiger partial charge in [-0.3, -0.25) is 4.79 Å². The van der Waals surface area contributed by atoms with E-state index in [2.05, 4.69) is 0 Å². The molecule has 130 valence electrons. The second-order valence-corrected chi connectivity index (χ2v) is 5.74. The zero-order valence-electron chi connectivity index (χ0n) is 14.2. The van der Waals surface area contributed by atoms with Crippen LogP contribution in [0.4, 0.5) is 0 Å². The molecule has 6 heteroatoms. The quantitative estimate of drug-likeness (QED) is 0.628. The number of hydrogen-bond donors (Lipinski definition) is 2. The molecule has 1 atom stereocenters. The Balaban J connectivity index is 2.32. The number of amides is 1. The van der Waals surface area contributed by atoms with Gasteiger partial charge in [-0.25, -0.2) is 0 Å². The summed E-state index contributed by atoms with van der Waals surface area (Å²) in [5, 5.41) is 9.93. The van der Waals surface area contributed by atoms with Crippen LogP contribution in [0.25, 0.3) is 0 Å². The molecule has 1 aromatic carbocycles. The fourth-order valence-corrected chi connectivity index (χ4v) is 2.02. The number of hydrogen-bond acceptors (Lipinski definition) is 5. The van der Waals surface area contributed by atoms with E-state index in [1.165, 1.54) is 4.90 Å². The highest BCUT2D eigenvalue weighted by atomic mass is 16.5. The maximum Gasteiger partial charge on any atom is 0.253 e. The molecule has 0 aliphatic rings. The number of likely N-dealkylation sites (N-methyl/N-ethyl adjacent to an activating group) is 1. The summed E-state index contributed by atoms with van der Waals surface area (Å²) in [6, 6.07) is 7.14. The van der Waals surface area contributed by atoms with Gasteiger partial charge in [-0.05, 0) is 31.5 Å². The topological polar surface area (TPSA) is 85.0 Å². The van der Waals surface area contributed by atoms with E-state index in [0.29, 0.717) is 25.3 Å². The van der Waals surface area contributed by atoms with Crippen molar-refractivity contribution in [2.45, 2.75) is 32.6 Å². The number of ether oxygens (including phenoxy) is 2. The van der Waals surface area contributed by atoms with E-state index in [9.17, 15) is 9.90 Å². The summed E-state index contributed by atoms with van der Waals surface area (Å²) in [5.74, 6) is -0.143.